The van der Waals surface area contributed by atoms with E-state index < -0.39 is 6.10 Å². The van der Waals surface area contributed by atoms with Gasteiger partial charge in [-0.05, 0) is 70.6 Å². The van der Waals surface area contributed by atoms with E-state index >= 15 is 0 Å². The molecule has 0 aromatic rings. The number of ether oxygens (including phenoxy) is 3. The molecular formula is C61H104O6. The molecule has 1 atom stereocenters. The highest BCUT2D eigenvalue weighted by Crippen LogP contribution is 2.16. The SMILES string of the molecule is CC\C=C/C=C\C=C/C=C\CCCCCC(=O)OCC(COC(=O)CCCCCCCCCCCCCCCCCCCCC)OC(=O)CCC/C=C\C/C=C\C/C=C\CCCCCCCC. The molecule has 0 aliphatic heterocycles. The van der Waals surface area contributed by atoms with Crippen molar-refractivity contribution in [1.29, 1.82) is 0 Å². The minimum absolute atomic E-state index is 0.108. The van der Waals surface area contributed by atoms with Crippen molar-refractivity contribution in [2.75, 3.05) is 13.2 Å². The molecule has 0 aromatic heterocycles. The Hall–Kier alpha value is -3.41. The number of carbonyl (C=O) groups excluding carboxylic acids is 3. The molecule has 0 rings (SSSR count). The third-order valence-electron chi connectivity index (χ3n) is 12.0. The van der Waals surface area contributed by atoms with Crippen LogP contribution in [0.4, 0.5) is 0 Å². The van der Waals surface area contributed by atoms with Gasteiger partial charge in [0.15, 0.2) is 6.10 Å². The third-order valence-corrected chi connectivity index (χ3v) is 12.0. The molecule has 384 valence electrons. The second-order valence-electron chi connectivity index (χ2n) is 18.6. The van der Waals surface area contributed by atoms with E-state index in [1.807, 2.05) is 36.5 Å². The van der Waals surface area contributed by atoms with Crippen LogP contribution in [-0.2, 0) is 28.6 Å². The monoisotopic (exact) mass is 933 g/mol. The minimum atomic E-state index is -0.818. The molecule has 0 bridgehead atoms. The van der Waals surface area contributed by atoms with Gasteiger partial charge in [0.25, 0.3) is 0 Å². The molecule has 0 N–H and O–H groups in total. The predicted octanol–water partition coefficient (Wildman–Crippen LogP) is 18.8. The molecule has 0 spiro atoms. The summed E-state index contributed by atoms with van der Waals surface area (Å²) in [4.78, 5) is 38.1. The van der Waals surface area contributed by atoms with Crippen molar-refractivity contribution < 1.29 is 28.6 Å². The molecule has 0 radical (unpaired) electrons. The summed E-state index contributed by atoms with van der Waals surface area (Å²) in [6.45, 7) is 6.43. The molecule has 0 aromatic carbocycles. The zero-order chi connectivity index (χ0) is 48.6. The van der Waals surface area contributed by atoms with Crippen molar-refractivity contribution >= 4 is 17.9 Å². The fourth-order valence-corrected chi connectivity index (χ4v) is 7.76. The van der Waals surface area contributed by atoms with Gasteiger partial charge in [0.1, 0.15) is 13.2 Å². The zero-order valence-corrected chi connectivity index (χ0v) is 43.9. The van der Waals surface area contributed by atoms with Gasteiger partial charge >= 0.3 is 17.9 Å². The van der Waals surface area contributed by atoms with E-state index in [-0.39, 0.29) is 37.5 Å². The van der Waals surface area contributed by atoms with E-state index in [2.05, 4.69) is 69.4 Å². The van der Waals surface area contributed by atoms with Gasteiger partial charge in [-0.3, -0.25) is 14.4 Å². The number of hydrogen-bond acceptors (Lipinski definition) is 6. The highest BCUT2D eigenvalue weighted by atomic mass is 16.6. The number of esters is 3. The van der Waals surface area contributed by atoms with Crippen molar-refractivity contribution in [1.82, 2.24) is 0 Å². The first-order valence-corrected chi connectivity index (χ1v) is 28.1. The molecule has 0 aliphatic rings. The van der Waals surface area contributed by atoms with Gasteiger partial charge in [-0.25, -0.2) is 0 Å². The minimum Gasteiger partial charge on any atom is -0.462 e. The van der Waals surface area contributed by atoms with Crippen LogP contribution in [0.1, 0.15) is 265 Å². The normalized spacial score (nSPS) is 12.7. The van der Waals surface area contributed by atoms with Crippen molar-refractivity contribution in [3.05, 3.63) is 85.1 Å². The molecule has 0 fully saturated rings. The lowest BCUT2D eigenvalue weighted by Crippen LogP contribution is -2.30. The molecule has 0 aliphatic carbocycles. The Morgan fingerprint density at radius 2 is 0.657 bits per heavy atom. The van der Waals surface area contributed by atoms with Gasteiger partial charge in [0.05, 0.1) is 0 Å². The van der Waals surface area contributed by atoms with E-state index in [1.165, 1.54) is 148 Å². The summed E-state index contributed by atoms with van der Waals surface area (Å²) >= 11 is 0. The molecule has 0 amide bonds. The summed E-state index contributed by atoms with van der Waals surface area (Å²) in [5.74, 6) is -0.996. The summed E-state index contributed by atoms with van der Waals surface area (Å²) < 4.78 is 16.8. The Bertz CT molecular complexity index is 1300. The molecule has 6 heteroatoms. The lowest BCUT2D eigenvalue weighted by Gasteiger charge is -2.18. The second kappa shape index (κ2) is 55.2. The van der Waals surface area contributed by atoms with Gasteiger partial charge in [0, 0.05) is 19.3 Å². The van der Waals surface area contributed by atoms with Crippen LogP contribution in [-0.4, -0.2) is 37.2 Å². The second-order valence-corrected chi connectivity index (χ2v) is 18.6. The number of rotatable bonds is 50. The first kappa shape index (κ1) is 63.6. The van der Waals surface area contributed by atoms with E-state index in [1.54, 1.807) is 0 Å². The summed E-state index contributed by atoms with van der Waals surface area (Å²) in [5.41, 5.74) is 0. The van der Waals surface area contributed by atoms with E-state index in [0.717, 1.165) is 70.6 Å². The van der Waals surface area contributed by atoms with Gasteiger partial charge in [-0.2, -0.15) is 0 Å². The van der Waals surface area contributed by atoms with Gasteiger partial charge in [0.2, 0.25) is 0 Å². The Balaban J connectivity index is 4.45. The molecule has 1 unspecified atom stereocenters. The molecule has 0 saturated carbocycles. The number of allylic oxidation sites excluding steroid dienone is 14. The largest absolute Gasteiger partial charge is 0.462 e. The summed E-state index contributed by atoms with van der Waals surface area (Å²) in [5, 5.41) is 0. The zero-order valence-electron chi connectivity index (χ0n) is 43.9. The fraction of sp³-hybridized carbons (Fsp3) is 0.721. The van der Waals surface area contributed by atoms with E-state index in [9.17, 15) is 14.4 Å². The van der Waals surface area contributed by atoms with Crippen LogP contribution in [0, 0.1) is 0 Å². The Morgan fingerprint density at radius 3 is 1.10 bits per heavy atom. The van der Waals surface area contributed by atoms with Crippen LogP contribution in [0.15, 0.2) is 85.1 Å². The van der Waals surface area contributed by atoms with Crippen LogP contribution in [0.2, 0.25) is 0 Å². The lowest BCUT2D eigenvalue weighted by molar-refractivity contribution is -0.167. The quantitative estimate of drug-likeness (QED) is 0.0199. The van der Waals surface area contributed by atoms with E-state index in [4.69, 9.17) is 14.2 Å². The average Bonchev–Trinajstić information content (AvgIpc) is 3.33. The Labute approximate surface area is 414 Å². The Morgan fingerprint density at radius 1 is 0.328 bits per heavy atom. The summed E-state index contributed by atoms with van der Waals surface area (Å²) in [7, 11) is 0. The average molecular weight is 933 g/mol. The van der Waals surface area contributed by atoms with Gasteiger partial charge in [-0.1, -0.05) is 260 Å². The van der Waals surface area contributed by atoms with Crippen molar-refractivity contribution in [3.63, 3.8) is 0 Å². The maximum absolute atomic E-state index is 12.8. The van der Waals surface area contributed by atoms with E-state index in [0.29, 0.717) is 19.3 Å². The molecule has 0 saturated heterocycles. The maximum Gasteiger partial charge on any atom is 0.306 e. The number of hydrogen-bond donors (Lipinski definition) is 0. The van der Waals surface area contributed by atoms with Crippen LogP contribution in [0.3, 0.4) is 0 Å². The number of unbranched alkanes of at least 4 members (excludes halogenated alkanes) is 28. The van der Waals surface area contributed by atoms with Crippen LogP contribution in [0.5, 0.6) is 0 Å². The first-order chi connectivity index (χ1) is 33.0. The van der Waals surface area contributed by atoms with Crippen molar-refractivity contribution in [3.8, 4) is 0 Å². The fourth-order valence-electron chi connectivity index (χ4n) is 7.76. The molecule has 6 nitrogen and oxygen atoms in total. The highest BCUT2D eigenvalue weighted by Gasteiger charge is 2.19. The van der Waals surface area contributed by atoms with Crippen molar-refractivity contribution in [2.45, 2.75) is 271 Å². The maximum atomic E-state index is 12.8. The molecule has 0 heterocycles. The lowest BCUT2D eigenvalue weighted by atomic mass is 10.0. The predicted molar refractivity (Wildman–Crippen MR) is 288 cm³/mol. The standard InChI is InChI=1S/C61H104O6/c1-4-7-10-13-16-19-22-25-27-29-30-32-33-36-39-42-45-48-51-54-60(63)66-57-58(56-65-59(62)53-50-47-44-41-38-35-24-21-18-15-12-9-6-3)67-61(64)55-52-49-46-43-40-37-34-31-28-26-23-20-17-14-11-8-5-2/h9,12,15,18,21,24,26,28,34-35,37-38,43,46,58H,4-8,10-11,13-14,16-17,19-20,22-23,25,27,29-33,36,39-42,44-45,47-57H2,1-3H3/b12-9-,18-15-,24-21-,28-26-,37-34-,38-35-,46-43-. The van der Waals surface area contributed by atoms with Crippen LogP contribution >= 0.6 is 0 Å². The van der Waals surface area contributed by atoms with Crippen LogP contribution in [0.25, 0.3) is 0 Å². The summed E-state index contributed by atoms with van der Waals surface area (Å²) in [6.07, 6.45) is 71.6. The van der Waals surface area contributed by atoms with Crippen LogP contribution < -0.4 is 0 Å². The third kappa shape index (κ3) is 53.4. The van der Waals surface area contributed by atoms with Gasteiger partial charge in [-0.15, -0.1) is 0 Å². The Kier molecular flexibility index (Phi) is 52.4. The molecule has 67 heavy (non-hydrogen) atoms. The summed E-state index contributed by atoms with van der Waals surface area (Å²) in [6, 6.07) is 0. The smallest absolute Gasteiger partial charge is 0.306 e. The number of carbonyl (C=O) groups is 3. The van der Waals surface area contributed by atoms with Gasteiger partial charge < -0.3 is 14.2 Å². The van der Waals surface area contributed by atoms with Crippen molar-refractivity contribution in [2.24, 2.45) is 0 Å². The topological polar surface area (TPSA) is 78.9 Å². The molecular weight excluding hydrogens is 829 g/mol. The first-order valence-electron chi connectivity index (χ1n) is 28.1. The highest BCUT2D eigenvalue weighted by molar-refractivity contribution is 5.71.